The molecule has 2 atom stereocenters. The van der Waals surface area contributed by atoms with E-state index in [0.717, 1.165) is 19.3 Å². The molecule has 6 heteroatoms. The first-order valence-electron chi connectivity index (χ1n) is 7.39. The van der Waals surface area contributed by atoms with E-state index in [1.165, 1.54) is 6.92 Å². The second-order valence-electron chi connectivity index (χ2n) is 5.82. The molecule has 0 saturated heterocycles. The predicted molar refractivity (Wildman–Crippen MR) is 86.1 cm³/mol. The number of aliphatic hydroxyl groups excluding tert-OH is 1. The maximum Gasteiger partial charge on any atom is 0.255 e. The number of hydrogen-bond acceptors (Lipinski definition) is 3. The van der Waals surface area contributed by atoms with Crippen LogP contribution < -0.4 is 5.32 Å². The van der Waals surface area contributed by atoms with Crippen LogP contribution in [0.2, 0.25) is 5.02 Å². The number of amides is 2. The third kappa shape index (κ3) is 3.99. The molecule has 0 heterocycles. The highest BCUT2D eigenvalue weighted by Crippen LogP contribution is 2.27. The molecule has 1 aromatic rings. The van der Waals surface area contributed by atoms with Crippen LogP contribution in [0.5, 0.6) is 0 Å². The fraction of sp³-hybridized carbons (Fsp3) is 0.500. The first-order valence-corrected chi connectivity index (χ1v) is 7.77. The minimum absolute atomic E-state index is 0.117. The van der Waals surface area contributed by atoms with Crippen molar-refractivity contribution in [3.8, 4) is 0 Å². The first-order chi connectivity index (χ1) is 10.4. The zero-order valence-electron chi connectivity index (χ0n) is 12.8. The lowest BCUT2D eigenvalue weighted by Crippen LogP contribution is -2.34. The Balaban J connectivity index is 2.11. The topological polar surface area (TPSA) is 69.6 Å². The van der Waals surface area contributed by atoms with Crippen LogP contribution in [0.1, 0.15) is 36.5 Å². The predicted octanol–water partition coefficient (Wildman–Crippen LogP) is 2.53. The molecule has 22 heavy (non-hydrogen) atoms. The molecule has 1 fully saturated rings. The monoisotopic (exact) mass is 324 g/mol. The summed E-state index contributed by atoms with van der Waals surface area (Å²) in [4.78, 5) is 25.2. The average Bonchev–Trinajstić information content (AvgIpc) is 2.85. The quantitative estimate of drug-likeness (QED) is 0.894. The maximum atomic E-state index is 12.5. The van der Waals surface area contributed by atoms with Gasteiger partial charge in [-0.2, -0.15) is 0 Å². The van der Waals surface area contributed by atoms with Gasteiger partial charge in [0, 0.05) is 32.1 Å². The van der Waals surface area contributed by atoms with E-state index in [2.05, 4.69) is 5.32 Å². The summed E-state index contributed by atoms with van der Waals surface area (Å²) >= 11 is 6.11. The Labute approximate surface area is 135 Å². The van der Waals surface area contributed by atoms with Crippen LogP contribution in [-0.4, -0.2) is 41.5 Å². The van der Waals surface area contributed by atoms with Gasteiger partial charge in [0.1, 0.15) is 0 Å². The smallest absolute Gasteiger partial charge is 0.255 e. The number of nitrogens with zero attached hydrogens (tertiary/aromatic N) is 1. The van der Waals surface area contributed by atoms with Crippen molar-refractivity contribution in [2.45, 2.75) is 32.3 Å². The standard InChI is InChI=1S/C16H21ClN2O3/c1-10(20)18-12-6-7-14(17)13(8-12)16(22)19(2)9-11-4-3-5-15(11)21/h6-8,11,15,21H,3-5,9H2,1-2H3,(H,18,20). The summed E-state index contributed by atoms with van der Waals surface area (Å²) in [6.07, 6.45) is 2.38. The van der Waals surface area contributed by atoms with Gasteiger partial charge in [0.2, 0.25) is 5.91 Å². The summed E-state index contributed by atoms with van der Waals surface area (Å²) in [5, 5.41) is 12.9. The van der Waals surface area contributed by atoms with Gasteiger partial charge in [0.05, 0.1) is 16.7 Å². The largest absolute Gasteiger partial charge is 0.393 e. The zero-order valence-corrected chi connectivity index (χ0v) is 13.6. The summed E-state index contributed by atoms with van der Waals surface area (Å²) in [7, 11) is 1.70. The highest BCUT2D eigenvalue weighted by Gasteiger charge is 2.28. The SMILES string of the molecule is CC(=O)Nc1ccc(Cl)c(C(=O)N(C)CC2CCCC2O)c1. The van der Waals surface area contributed by atoms with Crippen LogP contribution >= 0.6 is 11.6 Å². The Bertz CT molecular complexity index is 577. The lowest BCUT2D eigenvalue weighted by molar-refractivity contribution is -0.114. The van der Waals surface area contributed by atoms with Gasteiger partial charge >= 0.3 is 0 Å². The highest BCUT2D eigenvalue weighted by molar-refractivity contribution is 6.34. The molecule has 0 bridgehead atoms. The molecule has 120 valence electrons. The van der Waals surface area contributed by atoms with E-state index in [0.29, 0.717) is 22.8 Å². The second-order valence-corrected chi connectivity index (χ2v) is 6.23. The molecule has 0 spiro atoms. The van der Waals surface area contributed by atoms with Gasteiger partial charge in [-0.15, -0.1) is 0 Å². The Morgan fingerprint density at radius 1 is 1.41 bits per heavy atom. The molecule has 2 rings (SSSR count). The number of carbonyl (C=O) groups is 2. The normalized spacial score (nSPS) is 20.7. The Morgan fingerprint density at radius 3 is 2.73 bits per heavy atom. The van der Waals surface area contributed by atoms with Crippen molar-refractivity contribution in [3.63, 3.8) is 0 Å². The summed E-state index contributed by atoms with van der Waals surface area (Å²) < 4.78 is 0. The van der Waals surface area contributed by atoms with Gasteiger partial charge in [-0.3, -0.25) is 9.59 Å². The van der Waals surface area contributed by atoms with E-state index in [-0.39, 0.29) is 23.8 Å². The molecule has 2 amide bonds. The molecule has 2 N–H and O–H groups in total. The molecule has 5 nitrogen and oxygen atoms in total. The van der Waals surface area contributed by atoms with Gasteiger partial charge in [0.25, 0.3) is 5.91 Å². The first kappa shape index (κ1) is 16.8. The summed E-state index contributed by atoms with van der Waals surface area (Å²) in [6.45, 7) is 1.91. The second kappa shape index (κ2) is 7.11. The van der Waals surface area contributed by atoms with Gasteiger partial charge in [-0.05, 0) is 31.0 Å². The molecule has 1 aliphatic carbocycles. The fourth-order valence-corrected chi connectivity index (χ4v) is 3.04. The van der Waals surface area contributed by atoms with Crippen molar-refractivity contribution >= 4 is 29.1 Å². The van der Waals surface area contributed by atoms with Crippen molar-refractivity contribution in [2.75, 3.05) is 18.9 Å². The van der Waals surface area contributed by atoms with E-state index in [9.17, 15) is 14.7 Å². The van der Waals surface area contributed by atoms with Crippen LogP contribution in [0.15, 0.2) is 18.2 Å². The van der Waals surface area contributed by atoms with Crippen LogP contribution in [-0.2, 0) is 4.79 Å². The molecule has 0 aliphatic heterocycles. The number of nitrogens with one attached hydrogen (secondary N) is 1. The summed E-state index contributed by atoms with van der Waals surface area (Å²) in [6, 6.07) is 4.83. The van der Waals surface area contributed by atoms with Crippen molar-refractivity contribution in [3.05, 3.63) is 28.8 Å². The molecular formula is C16H21ClN2O3. The molecule has 2 unspecified atom stereocenters. The Morgan fingerprint density at radius 2 is 2.14 bits per heavy atom. The molecule has 1 aromatic carbocycles. The number of hydrogen-bond donors (Lipinski definition) is 2. The number of aliphatic hydroxyl groups is 1. The van der Waals surface area contributed by atoms with Gasteiger partial charge in [-0.25, -0.2) is 0 Å². The van der Waals surface area contributed by atoms with Crippen LogP contribution in [0.3, 0.4) is 0 Å². The van der Waals surface area contributed by atoms with Crippen molar-refractivity contribution in [1.29, 1.82) is 0 Å². The van der Waals surface area contributed by atoms with Gasteiger partial charge < -0.3 is 15.3 Å². The number of benzene rings is 1. The van der Waals surface area contributed by atoms with E-state index in [1.807, 2.05) is 0 Å². The third-order valence-electron chi connectivity index (χ3n) is 3.99. The van der Waals surface area contributed by atoms with Crippen LogP contribution in [0, 0.1) is 5.92 Å². The van der Waals surface area contributed by atoms with Crippen molar-refractivity contribution < 1.29 is 14.7 Å². The maximum absolute atomic E-state index is 12.5. The fourth-order valence-electron chi connectivity index (χ4n) is 2.84. The van der Waals surface area contributed by atoms with Crippen LogP contribution in [0.25, 0.3) is 0 Å². The number of carbonyl (C=O) groups excluding carboxylic acids is 2. The molecule has 1 aliphatic rings. The average molecular weight is 325 g/mol. The summed E-state index contributed by atoms with van der Waals surface area (Å²) in [5.74, 6) is -0.300. The minimum Gasteiger partial charge on any atom is -0.393 e. The number of rotatable bonds is 4. The van der Waals surface area contributed by atoms with Crippen LogP contribution in [0.4, 0.5) is 5.69 Å². The number of halogens is 1. The van der Waals surface area contributed by atoms with Crippen molar-refractivity contribution in [1.82, 2.24) is 4.90 Å². The molecule has 0 radical (unpaired) electrons. The van der Waals surface area contributed by atoms with E-state index in [1.54, 1.807) is 30.1 Å². The van der Waals surface area contributed by atoms with E-state index in [4.69, 9.17) is 11.6 Å². The Kier molecular flexibility index (Phi) is 5.42. The van der Waals surface area contributed by atoms with Gasteiger partial charge in [0.15, 0.2) is 0 Å². The number of anilines is 1. The van der Waals surface area contributed by atoms with E-state index >= 15 is 0 Å². The lowest BCUT2D eigenvalue weighted by Gasteiger charge is -2.24. The zero-order chi connectivity index (χ0) is 16.3. The molecular weight excluding hydrogens is 304 g/mol. The lowest BCUT2D eigenvalue weighted by atomic mass is 10.0. The van der Waals surface area contributed by atoms with Crippen molar-refractivity contribution in [2.24, 2.45) is 5.92 Å². The third-order valence-corrected chi connectivity index (χ3v) is 4.32. The molecule has 1 saturated carbocycles. The van der Waals surface area contributed by atoms with E-state index < -0.39 is 0 Å². The molecule has 0 aromatic heterocycles. The minimum atomic E-state index is -0.337. The van der Waals surface area contributed by atoms with Gasteiger partial charge in [-0.1, -0.05) is 18.0 Å². The highest BCUT2D eigenvalue weighted by atomic mass is 35.5. The Hall–Kier alpha value is -1.59. The summed E-state index contributed by atoms with van der Waals surface area (Å²) in [5.41, 5.74) is 0.887.